The van der Waals surface area contributed by atoms with Crippen LogP contribution in [0.4, 0.5) is 13.2 Å². The molecule has 0 radical (unpaired) electrons. The van der Waals surface area contributed by atoms with Crippen LogP contribution in [0.25, 0.3) is 10.9 Å². The van der Waals surface area contributed by atoms with Crippen molar-refractivity contribution in [3.63, 3.8) is 0 Å². The number of hydrogen-bond donors (Lipinski definition) is 1. The quantitative estimate of drug-likeness (QED) is 0.942. The fraction of sp³-hybridized carbons (Fsp3) is 0.385. The smallest absolute Gasteiger partial charge is 0.406 e. The third-order valence-corrected chi connectivity index (χ3v) is 3.32. The summed E-state index contributed by atoms with van der Waals surface area (Å²) >= 11 is 0. The predicted molar refractivity (Wildman–Crippen MR) is 67.7 cm³/mol. The molecule has 0 aliphatic heterocycles. The Morgan fingerprint density at radius 2 is 2.14 bits per heavy atom. The van der Waals surface area contributed by atoms with Gasteiger partial charge in [0.15, 0.2) is 5.69 Å². The number of alkyl halides is 3. The van der Waals surface area contributed by atoms with Gasteiger partial charge in [0, 0.05) is 11.9 Å². The van der Waals surface area contributed by atoms with E-state index in [1.165, 1.54) is 12.1 Å². The lowest BCUT2D eigenvalue weighted by atomic mass is 10.2. The van der Waals surface area contributed by atoms with Gasteiger partial charge in [-0.15, -0.1) is 13.2 Å². The van der Waals surface area contributed by atoms with Crippen LogP contribution in [0.5, 0.6) is 5.75 Å². The molecule has 112 valence electrons. The van der Waals surface area contributed by atoms with Gasteiger partial charge in [0.25, 0.3) is 5.91 Å². The minimum atomic E-state index is -4.79. The van der Waals surface area contributed by atoms with Crippen molar-refractivity contribution >= 4 is 16.8 Å². The van der Waals surface area contributed by atoms with Gasteiger partial charge >= 0.3 is 6.36 Å². The molecule has 1 heterocycles. The number of fused-ring (bicyclic) bond motifs is 1. The van der Waals surface area contributed by atoms with Crippen molar-refractivity contribution in [3.8, 4) is 5.75 Å². The van der Waals surface area contributed by atoms with Gasteiger partial charge < -0.3 is 10.5 Å². The topological polar surface area (TPSA) is 70.1 Å². The zero-order valence-electron chi connectivity index (χ0n) is 10.9. The number of primary amides is 1. The van der Waals surface area contributed by atoms with E-state index in [0.717, 1.165) is 18.9 Å². The summed E-state index contributed by atoms with van der Waals surface area (Å²) in [6.45, 7) is 0.628. The zero-order chi connectivity index (χ0) is 15.2. The molecule has 0 atom stereocenters. The van der Waals surface area contributed by atoms with E-state index in [-0.39, 0.29) is 11.1 Å². The van der Waals surface area contributed by atoms with Crippen LogP contribution in [0.15, 0.2) is 18.2 Å². The fourth-order valence-corrected chi connectivity index (χ4v) is 2.22. The van der Waals surface area contributed by atoms with Crippen LogP contribution in [0, 0.1) is 5.92 Å². The molecule has 3 rings (SSSR count). The number of hydrogen-bond acceptors (Lipinski definition) is 3. The maximum atomic E-state index is 12.3. The Kier molecular flexibility index (Phi) is 3.03. The van der Waals surface area contributed by atoms with E-state index < -0.39 is 18.0 Å². The molecule has 8 heteroatoms. The second kappa shape index (κ2) is 4.64. The predicted octanol–water partition coefficient (Wildman–Crippen LogP) is 2.44. The molecule has 1 aromatic heterocycles. The second-order valence-electron chi connectivity index (χ2n) is 5.07. The average Bonchev–Trinajstić information content (AvgIpc) is 3.09. The monoisotopic (exact) mass is 299 g/mol. The number of nitrogens with zero attached hydrogens (tertiary/aromatic N) is 2. The molecular formula is C13H12F3N3O2. The van der Waals surface area contributed by atoms with Crippen molar-refractivity contribution in [3.05, 3.63) is 23.9 Å². The van der Waals surface area contributed by atoms with Gasteiger partial charge in [-0.1, -0.05) is 0 Å². The summed E-state index contributed by atoms with van der Waals surface area (Å²) in [5, 5.41) is 4.38. The molecule has 1 fully saturated rings. The normalized spacial score (nSPS) is 15.4. The molecule has 0 unspecified atom stereocenters. The summed E-state index contributed by atoms with van der Waals surface area (Å²) in [4.78, 5) is 11.4. The van der Waals surface area contributed by atoms with Gasteiger partial charge in [0.2, 0.25) is 0 Å². The molecule has 0 saturated heterocycles. The number of carbonyl (C=O) groups excluding carboxylic acids is 1. The molecule has 0 bridgehead atoms. The molecule has 0 spiro atoms. The Morgan fingerprint density at radius 1 is 1.43 bits per heavy atom. The first-order valence-electron chi connectivity index (χ1n) is 6.39. The number of amides is 1. The molecule has 5 nitrogen and oxygen atoms in total. The van der Waals surface area contributed by atoms with Crippen LogP contribution in [0.3, 0.4) is 0 Å². The SMILES string of the molecule is NC(=O)c1nn(CC2CC2)c2ccc(OC(F)(F)F)cc12. The minimum Gasteiger partial charge on any atom is -0.406 e. The average molecular weight is 299 g/mol. The first-order chi connectivity index (χ1) is 9.83. The van der Waals surface area contributed by atoms with Crippen LogP contribution < -0.4 is 10.5 Å². The molecule has 1 aliphatic carbocycles. The maximum absolute atomic E-state index is 12.3. The highest BCUT2D eigenvalue weighted by Crippen LogP contribution is 2.33. The largest absolute Gasteiger partial charge is 0.573 e. The van der Waals surface area contributed by atoms with Crippen LogP contribution in [0.2, 0.25) is 0 Å². The summed E-state index contributed by atoms with van der Waals surface area (Å²) < 4.78 is 42.2. The highest BCUT2D eigenvalue weighted by atomic mass is 19.4. The standard InChI is InChI=1S/C13H12F3N3O2/c14-13(15,16)21-8-3-4-10-9(5-8)11(12(17)20)18-19(10)6-7-1-2-7/h3-5,7H,1-2,6H2,(H2,17,20). The number of rotatable bonds is 4. The molecule has 1 amide bonds. The lowest BCUT2D eigenvalue weighted by Gasteiger charge is -2.09. The number of benzene rings is 1. The van der Waals surface area contributed by atoms with E-state index >= 15 is 0 Å². The van der Waals surface area contributed by atoms with Crippen molar-refractivity contribution in [1.29, 1.82) is 0 Å². The maximum Gasteiger partial charge on any atom is 0.573 e. The third kappa shape index (κ3) is 2.93. The summed E-state index contributed by atoms with van der Waals surface area (Å²) in [6.07, 6.45) is -2.62. The van der Waals surface area contributed by atoms with Gasteiger partial charge in [0.1, 0.15) is 5.75 Å². The van der Waals surface area contributed by atoms with Crippen molar-refractivity contribution in [2.75, 3.05) is 0 Å². The second-order valence-corrected chi connectivity index (χ2v) is 5.07. The third-order valence-electron chi connectivity index (χ3n) is 3.32. The fourth-order valence-electron chi connectivity index (χ4n) is 2.22. The molecule has 1 saturated carbocycles. The summed E-state index contributed by atoms with van der Waals surface area (Å²) in [7, 11) is 0. The van der Waals surface area contributed by atoms with Crippen LogP contribution in [0.1, 0.15) is 23.3 Å². The van der Waals surface area contributed by atoms with Gasteiger partial charge in [-0.05, 0) is 37.0 Å². The Bertz CT molecular complexity index is 704. The van der Waals surface area contributed by atoms with Gasteiger partial charge in [-0.3, -0.25) is 9.48 Å². The lowest BCUT2D eigenvalue weighted by molar-refractivity contribution is -0.274. The highest BCUT2D eigenvalue weighted by molar-refractivity contribution is 6.04. The lowest BCUT2D eigenvalue weighted by Crippen LogP contribution is -2.17. The first kappa shape index (κ1) is 13.7. The summed E-state index contributed by atoms with van der Waals surface area (Å²) in [6, 6.07) is 3.79. The number of ether oxygens (including phenoxy) is 1. The van der Waals surface area contributed by atoms with Crippen LogP contribution >= 0.6 is 0 Å². The van der Waals surface area contributed by atoms with Crippen molar-refractivity contribution in [1.82, 2.24) is 9.78 Å². The van der Waals surface area contributed by atoms with Crippen LogP contribution in [-0.4, -0.2) is 22.1 Å². The van der Waals surface area contributed by atoms with E-state index in [0.29, 0.717) is 18.0 Å². The molecule has 2 aromatic rings. The van der Waals surface area contributed by atoms with Gasteiger partial charge in [-0.25, -0.2) is 0 Å². The van der Waals surface area contributed by atoms with Gasteiger partial charge in [0.05, 0.1) is 5.52 Å². The number of nitrogens with two attached hydrogens (primary N) is 1. The number of carbonyl (C=O) groups is 1. The Morgan fingerprint density at radius 3 is 2.71 bits per heavy atom. The van der Waals surface area contributed by atoms with Crippen molar-refractivity contribution in [2.45, 2.75) is 25.7 Å². The highest BCUT2D eigenvalue weighted by Gasteiger charge is 2.31. The molecule has 2 N–H and O–H groups in total. The van der Waals surface area contributed by atoms with E-state index in [1.54, 1.807) is 4.68 Å². The van der Waals surface area contributed by atoms with Crippen LogP contribution in [-0.2, 0) is 6.54 Å². The number of halogens is 3. The first-order valence-corrected chi connectivity index (χ1v) is 6.39. The molecular weight excluding hydrogens is 287 g/mol. The van der Waals surface area contributed by atoms with E-state index in [1.807, 2.05) is 0 Å². The molecule has 1 aromatic carbocycles. The summed E-state index contributed by atoms with van der Waals surface area (Å²) in [5.74, 6) is -0.679. The number of aromatic nitrogens is 2. The van der Waals surface area contributed by atoms with E-state index in [4.69, 9.17) is 5.73 Å². The van der Waals surface area contributed by atoms with Crippen molar-refractivity contribution < 1.29 is 22.7 Å². The van der Waals surface area contributed by atoms with Crippen molar-refractivity contribution in [2.24, 2.45) is 11.7 Å². The van der Waals surface area contributed by atoms with E-state index in [9.17, 15) is 18.0 Å². The minimum absolute atomic E-state index is 0.0433. The Hall–Kier alpha value is -2.25. The van der Waals surface area contributed by atoms with Gasteiger partial charge in [-0.2, -0.15) is 5.10 Å². The molecule has 21 heavy (non-hydrogen) atoms. The molecule has 1 aliphatic rings. The Labute approximate surface area is 117 Å². The Balaban J connectivity index is 2.05. The van der Waals surface area contributed by atoms with E-state index in [2.05, 4.69) is 9.84 Å². The zero-order valence-corrected chi connectivity index (χ0v) is 10.9. The summed E-state index contributed by atoms with van der Waals surface area (Å²) in [5.41, 5.74) is 5.77.